The molecule has 1 unspecified atom stereocenters. The summed E-state index contributed by atoms with van der Waals surface area (Å²) >= 11 is 4.89. The fraction of sp³-hybridized carbons (Fsp3) is 0.429. The molecule has 5 heteroatoms. The average molecular weight is 282 g/mol. The van der Waals surface area contributed by atoms with Gasteiger partial charge in [-0.3, -0.25) is 4.79 Å². The van der Waals surface area contributed by atoms with Crippen molar-refractivity contribution in [2.45, 2.75) is 20.3 Å². The number of carbonyl (C=O) groups is 1. The molecule has 1 atom stereocenters. The number of halogens is 1. The van der Waals surface area contributed by atoms with E-state index >= 15 is 0 Å². The molecular weight excluding hydrogens is 263 g/mol. The third-order valence-corrected chi connectivity index (χ3v) is 3.16. The zero-order valence-electron chi connectivity index (χ0n) is 11.2. The lowest BCUT2D eigenvalue weighted by Crippen LogP contribution is -2.41. The first kappa shape index (κ1) is 15.6. The Bertz CT molecular complexity index is 463. The number of nitrogens with two attached hydrogens (primary N) is 1. The summed E-state index contributed by atoms with van der Waals surface area (Å²) in [5, 5.41) is 2.75. The van der Waals surface area contributed by atoms with E-state index < -0.39 is 5.92 Å². The quantitative estimate of drug-likeness (QED) is 0.785. The van der Waals surface area contributed by atoms with Crippen LogP contribution in [-0.4, -0.2) is 17.4 Å². The number of rotatable bonds is 6. The predicted molar refractivity (Wildman–Crippen MR) is 78.2 cm³/mol. The van der Waals surface area contributed by atoms with Gasteiger partial charge in [0, 0.05) is 6.54 Å². The van der Waals surface area contributed by atoms with Gasteiger partial charge in [0.05, 0.1) is 10.9 Å². The molecule has 1 rings (SSSR count). The van der Waals surface area contributed by atoms with E-state index in [-0.39, 0.29) is 22.6 Å². The van der Waals surface area contributed by atoms with Crippen molar-refractivity contribution < 1.29 is 9.18 Å². The molecule has 1 amide bonds. The van der Waals surface area contributed by atoms with Gasteiger partial charge < -0.3 is 11.1 Å². The zero-order valence-corrected chi connectivity index (χ0v) is 12.0. The highest BCUT2D eigenvalue weighted by Gasteiger charge is 2.24. The van der Waals surface area contributed by atoms with Gasteiger partial charge in [0.2, 0.25) is 5.91 Å². The lowest BCUT2D eigenvalue weighted by atomic mass is 9.95. The van der Waals surface area contributed by atoms with Crippen LogP contribution in [0.25, 0.3) is 0 Å². The van der Waals surface area contributed by atoms with Gasteiger partial charge in [0.15, 0.2) is 0 Å². The molecule has 1 aromatic carbocycles. The summed E-state index contributed by atoms with van der Waals surface area (Å²) in [7, 11) is 0. The summed E-state index contributed by atoms with van der Waals surface area (Å²) in [6.45, 7) is 4.14. The second-order valence-corrected chi connectivity index (χ2v) is 5.23. The van der Waals surface area contributed by atoms with Crippen LogP contribution < -0.4 is 11.1 Å². The molecule has 3 N–H and O–H groups in total. The largest absolute Gasteiger partial charge is 0.393 e. The van der Waals surface area contributed by atoms with Crippen molar-refractivity contribution in [3.8, 4) is 0 Å². The number of amides is 1. The molecule has 0 aromatic heterocycles. The van der Waals surface area contributed by atoms with Crippen LogP contribution in [0.15, 0.2) is 24.3 Å². The predicted octanol–water partition coefficient (Wildman–Crippen LogP) is 2.04. The van der Waals surface area contributed by atoms with Crippen LogP contribution in [0, 0.1) is 17.7 Å². The minimum absolute atomic E-state index is 0.0472. The SMILES string of the molecule is CC(C)C(C(=O)NCCc1ccccc1F)C(N)=S. The maximum absolute atomic E-state index is 13.4. The van der Waals surface area contributed by atoms with Crippen LogP contribution in [0.2, 0.25) is 0 Å². The first-order chi connectivity index (χ1) is 8.93. The van der Waals surface area contributed by atoms with Gasteiger partial charge in [-0.25, -0.2) is 4.39 Å². The molecule has 3 nitrogen and oxygen atoms in total. The van der Waals surface area contributed by atoms with Crippen molar-refractivity contribution in [3.05, 3.63) is 35.6 Å². The smallest absolute Gasteiger partial charge is 0.230 e. The second-order valence-electron chi connectivity index (χ2n) is 4.76. The van der Waals surface area contributed by atoms with E-state index in [0.717, 1.165) is 0 Å². The minimum atomic E-state index is -0.476. The van der Waals surface area contributed by atoms with Crippen LogP contribution in [0.3, 0.4) is 0 Å². The Kier molecular flexibility index (Phi) is 5.89. The molecule has 0 saturated carbocycles. The Labute approximate surface area is 118 Å². The number of hydrogen-bond donors (Lipinski definition) is 2. The molecule has 0 spiro atoms. The van der Waals surface area contributed by atoms with Crippen molar-refractivity contribution in [1.82, 2.24) is 5.32 Å². The minimum Gasteiger partial charge on any atom is -0.393 e. The van der Waals surface area contributed by atoms with Crippen molar-refractivity contribution >= 4 is 23.1 Å². The Hall–Kier alpha value is -1.49. The molecule has 0 bridgehead atoms. The Morgan fingerprint density at radius 1 is 1.42 bits per heavy atom. The summed E-state index contributed by atoms with van der Waals surface area (Å²) in [6.07, 6.45) is 0.445. The monoisotopic (exact) mass is 282 g/mol. The maximum atomic E-state index is 13.4. The zero-order chi connectivity index (χ0) is 14.4. The fourth-order valence-electron chi connectivity index (χ4n) is 1.89. The average Bonchev–Trinajstić information content (AvgIpc) is 2.30. The van der Waals surface area contributed by atoms with E-state index in [1.165, 1.54) is 6.07 Å². The first-order valence-corrected chi connectivity index (χ1v) is 6.64. The van der Waals surface area contributed by atoms with Gasteiger partial charge in [-0.05, 0) is 24.0 Å². The first-order valence-electron chi connectivity index (χ1n) is 6.24. The highest BCUT2D eigenvalue weighted by Crippen LogP contribution is 2.11. The normalized spacial score (nSPS) is 12.2. The van der Waals surface area contributed by atoms with Gasteiger partial charge in [-0.2, -0.15) is 0 Å². The van der Waals surface area contributed by atoms with Crippen molar-refractivity contribution in [3.63, 3.8) is 0 Å². The molecule has 0 aliphatic rings. The Morgan fingerprint density at radius 3 is 2.58 bits per heavy atom. The van der Waals surface area contributed by atoms with E-state index in [0.29, 0.717) is 18.5 Å². The van der Waals surface area contributed by atoms with E-state index in [1.54, 1.807) is 18.2 Å². The van der Waals surface area contributed by atoms with Gasteiger partial charge in [0.1, 0.15) is 5.82 Å². The Balaban J connectivity index is 2.51. The van der Waals surface area contributed by atoms with Crippen molar-refractivity contribution in [2.24, 2.45) is 17.6 Å². The summed E-state index contributed by atoms with van der Waals surface area (Å²) in [5.41, 5.74) is 6.14. The summed E-state index contributed by atoms with van der Waals surface area (Å²) in [5.74, 6) is -0.882. The molecule has 1 aromatic rings. The number of hydrogen-bond acceptors (Lipinski definition) is 2. The number of benzene rings is 1. The van der Waals surface area contributed by atoms with Gasteiger partial charge in [-0.1, -0.05) is 44.3 Å². The van der Waals surface area contributed by atoms with Gasteiger partial charge >= 0.3 is 0 Å². The molecule has 0 saturated heterocycles. The molecule has 104 valence electrons. The third kappa shape index (κ3) is 4.59. The van der Waals surface area contributed by atoms with Crippen molar-refractivity contribution in [1.29, 1.82) is 0 Å². The van der Waals surface area contributed by atoms with Crippen LogP contribution in [-0.2, 0) is 11.2 Å². The molecule has 0 radical (unpaired) electrons. The van der Waals surface area contributed by atoms with E-state index in [4.69, 9.17) is 18.0 Å². The van der Waals surface area contributed by atoms with Crippen LogP contribution in [0.4, 0.5) is 4.39 Å². The topological polar surface area (TPSA) is 55.1 Å². The summed E-state index contributed by atoms with van der Waals surface area (Å²) < 4.78 is 13.4. The maximum Gasteiger partial charge on any atom is 0.230 e. The number of thiocarbonyl (C=S) groups is 1. The van der Waals surface area contributed by atoms with Gasteiger partial charge in [-0.15, -0.1) is 0 Å². The molecule has 0 aliphatic carbocycles. The van der Waals surface area contributed by atoms with Gasteiger partial charge in [0.25, 0.3) is 0 Å². The molecule has 0 heterocycles. The number of nitrogens with one attached hydrogen (secondary N) is 1. The molecule has 19 heavy (non-hydrogen) atoms. The van der Waals surface area contributed by atoms with Crippen molar-refractivity contribution in [2.75, 3.05) is 6.54 Å². The Morgan fingerprint density at radius 2 is 2.05 bits per heavy atom. The van der Waals surface area contributed by atoms with Crippen LogP contribution in [0.5, 0.6) is 0 Å². The van der Waals surface area contributed by atoms with E-state index in [9.17, 15) is 9.18 Å². The lowest BCUT2D eigenvalue weighted by molar-refractivity contribution is -0.123. The lowest BCUT2D eigenvalue weighted by Gasteiger charge is -2.18. The molecular formula is C14H19FN2OS. The van der Waals surface area contributed by atoms with Crippen LogP contribution in [0.1, 0.15) is 19.4 Å². The second kappa shape index (κ2) is 7.19. The highest BCUT2D eigenvalue weighted by atomic mass is 32.1. The van der Waals surface area contributed by atoms with Crippen LogP contribution >= 0.6 is 12.2 Å². The fourth-order valence-corrected chi connectivity index (χ4v) is 2.27. The summed E-state index contributed by atoms with van der Waals surface area (Å²) in [6, 6.07) is 6.52. The molecule has 0 aliphatic heterocycles. The van der Waals surface area contributed by atoms with E-state index in [2.05, 4.69) is 5.32 Å². The third-order valence-electron chi connectivity index (χ3n) is 2.91. The summed E-state index contributed by atoms with van der Waals surface area (Å²) in [4.78, 5) is 12.1. The standard InChI is InChI=1S/C14H19FN2OS/c1-9(2)12(13(16)19)14(18)17-8-7-10-5-3-4-6-11(10)15/h3-6,9,12H,7-8H2,1-2H3,(H2,16,19)(H,17,18). The highest BCUT2D eigenvalue weighted by molar-refractivity contribution is 7.80. The number of carbonyl (C=O) groups excluding carboxylic acids is 1. The molecule has 0 fully saturated rings. The van der Waals surface area contributed by atoms with E-state index in [1.807, 2.05) is 13.8 Å².